The van der Waals surface area contributed by atoms with Crippen LogP contribution in [-0.2, 0) is 0 Å². The van der Waals surface area contributed by atoms with Crippen molar-refractivity contribution in [3.63, 3.8) is 0 Å². The topological polar surface area (TPSA) is 737 Å². The number of nitro benzene ring substituents is 2. The lowest BCUT2D eigenvalue weighted by atomic mass is 10.2. The molecule has 0 fully saturated rings. The fraction of sp³-hybridized carbons (Fsp3) is 0. The summed E-state index contributed by atoms with van der Waals surface area (Å²) in [4.78, 5) is 201. The minimum absolute atomic E-state index is 0.0332. The third-order valence-electron chi connectivity index (χ3n) is 17.1. The van der Waals surface area contributed by atoms with Crippen LogP contribution in [0.15, 0.2) is 214 Å². The summed E-state index contributed by atoms with van der Waals surface area (Å²) in [6, 6.07) is 39.1. The summed E-state index contributed by atoms with van der Waals surface area (Å²) in [5, 5.41) is 52.7. The number of aromatic carboxylic acids is 1. The van der Waals surface area contributed by atoms with E-state index in [9.17, 15) is 82.6 Å². The number of thiocarbonyl (C=S) groups is 1. The minimum atomic E-state index is -1.10. The normalized spacial score (nSPS) is 10.5. The first kappa shape index (κ1) is 96.7. The largest absolute Gasteiger partial charge is 0.478 e. The number of nitrogens with zero attached hydrogens (tertiary/aromatic N) is 4. The third-order valence-corrected chi connectivity index (χ3v) is 21.2. The second kappa shape index (κ2) is 42.2. The molecule has 17 rings (SSSR count). The van der Waals surface area contributed by atoms with Crippen molar-refractivity contribution in [3.8, 4) is 5.40 Å². The molecule has 0 radical (unpaired) electrons. The molecule has 130 heavy (non-hydrogen) atoms. The number of H-pyrrole nitrogens is 13. The third kappa shape index (κ3) is 23.0. The number of para-hydroxylation sites is 2. The van der Waals surface area contributed by atoms with Gasteiger partial charge in [0.25, 0.3) is 44.7 Å². The highest BCUT2D eigenvalue weighted by Crippen LogP contribution is 2.37. The number of imidazole rings is 1. The Morgan fingerprint density at radius 1 is 0.392 bits per heavy atom. The lowest BCUT2D eigenvalue weighted by molar-refractivity contribution is -0.384. The molecule has 0 saturated carbocycles. The van der Waals surface area contributed by atoms with Gasteiger partial charge in [-0.25, -0.2) is 38.5 Å². The number of fused-ring (bicyclic) bond motifs is 8. The van der Waals surface area contributed by atoms with E-state index < -0.39 is 83.3 Å². The van der Waals surface area contributed by atoms with E-state index in [1.165, 1.54) is 36.4 Å². The highest BCUT2D eigenvalue weighted by Gasteiger charge is 2.22. The van der Waals surface area contributed by atoms with Crippen LogP contribution in [-0.4, -0.2) is 95.8 Å². The van der Waals surface area contributed by atoms with Gasteiger partial charge in [-0.05, 0) is 133 Å². The van der Waals surface area contributed by atoms with Crippen molar-refractivity contribution in [2.24, 2.45) is 0 Å². The number of aromatic nitrogens is 14. The number of hydrogen-bond acceptors (Lipinski definition) is 27. The predicted octanol–water partition coefficient (Wildman–Crippen LogP) is 12.0. The van der Waals surface area contributed by atoms with E-state index in [0.29, 0.717) is 113 Å². The molecule has 0 amide bonds. The van der Waals surface area contributed by atoms with Gasteiger partial charge >= 0.3 is 40.1 Å². The van der Waals surface area contributed by atoms with Crippen LogP contribution in [0.4, 0.5) is 62.8 Å². The molecule has 0 spiro atoms. The van der Waals surface area contributed by atoms with Crippen LogP contribution in [0, 0.1) is 30.9 Å². The molecule has 7 aromatic heterocycles. The molecule has 0 atom stereocenters. The average molecular weight is 1990 g/mol. The number of carboxylic acid groups (broad SMARTS) is 1. The van der Waals surface area contributed by atoms with E-state index in [-0.39, 0.29) is 87.4 Å². The Morgan fingerprint density at radius 3 is 1.22 bits per heavy atom. The zero-order valence-electron chi connectivity index (χ0n) is 64.2. The maximum atomic E-state index is 12.1. The summed E-state index contributed by atoms with van der Waals surface area (Å²) in [6.07, 6.45) is 0. The van der Waals surface area contributed by atoms with Crippen LogP contribution in [0.3, 0.4) is 0 Å². The minimum Gasteiger partial charge on any atom is -0.478 e. The van der Waals surface area contributed by atoms with Crippen molar-refractivity contribution in [1.29, 1.82) is 5.26 Å². The van der Waals surface area contributed by atoms with Crippen molar-refractivity contribution in [2.75, 3.05) is 44.6 Å². The fourth-order valence-electron chi connectivity index (χ4n) is 11.5. The quantitative estimate of drug-likeness (QED) is 0.0168. The van der Waals surface area contributed by atoms with E-state index in [1.54, 1.807) is 103 Å². The molecule has 664 valence electrons. The fourth-order valence-corrected chi connectivity index (χ4v) is 14.6. The van der Waals surface area contributed by atoms with Gasteiger partial charge in [0.15, 0.2) is 5.11 Å². The van der Waals surface area contributed by atoms with Crippen LogP contribution < -0.4 is 112 Å². The second-order valence-electron chi connectivity index (χ2n) is 25.4. The molecular formula is C76H52Cl9N25O18S2. The van der Waals surface area contributed by atoms with E-state index >= 15 is 0 Å². The Labute approximate surface area is 770 Å². The maximum Gasteiger partial charge on any atom is 0.339 e. The first-order valence-corrected chi connectivity index (χ1v) is 39.9. The van der Waals surface area contributed by atoms with Crippen molar-refractivity contribution >= 4 is 279 Å². The first-order chi connectivity index (χ1) is 61.5. The van der Waals surface area contributed by atoms with Gasteiger partial charge in [0.05, 0.1) is 160 Å². The molecule has 0 aliphatic rings. The van der Waals surface area contributed by atoms with E-state index in [2.05, 4.69) is 75.8 Å². The number of halogens is 9. The van der Waals surface area contributed by atoms with E-state index in [0.717, 1.165) is 23.9 Å². The summed E-state index contributed by atoms with van der Waals surface area (Å²) >= 11 is 59.2. The summed E-state index contributed by atoms with van der Waals surface area (Å²) in [6.45, 7) is 0. The Bertz CT molecular complexity index is 8090. The number of hydrogen-bond donors (Lipinski definition) is 22. The highest BCUT2D eigenvalue weighted by atomic mass is 35.5. The van der Waals surface area contributed by atoms with Crippen molar-refractivity contribution in [2.45, 2.75) is 4.90 Å². The number of benzene rings is 10. The monoisotopic (exact) mass is 1980 g/mol. The maximum absolute atomic E-state index is 12.1. The summed E-state index contributed by atoms with van der Waals surface area (Å²) in [5.41, 5.74) is 24.8. The molecule has 27 N–H and O–H groups in total. The second-order valence-corrected chi connectivity index (χ2v) is 30.3. The summed E-state index contributed by atoms with van der Waals surface area (Å²) < 4.78 is 0. The van der Waals surface area contributed by atoms with Crippen LogP contribution >= 0.6 is 128 Å². The van der Waals surface area contributed by atoms with Gasteiger partial charge in [-0.3, -0.25) is 78.9 Å². The molecule has 0 saturated heterocycles. The van der Waals surface area contributed by atoms with Gasteiger partial charge in [0.2, 0.25) is 5.95 Å². The summed E-state index contributed by atoms with van der Waals surface area (Å²) in [7, 11) is 0. The predicted molar refractivity (Wildman–Crippen MR) is 509 cm³/mol. The number of thiocyanates is 1. The van der Waals surface area contributed by atoms with Crippen LogP contribution in [0.25, 0.3) is 76.5 Å². The number of carboxylic acids is 1. The number of nitrogens with two attached hydrogens (primary N) is 5. The number of carbonyl (C=O) groups is 1. The van der Waals surface area contributed by atoms with Gasteiger partial charge in [-0.1, -0.05) is 135 Å². The number of nitrogens with one attached hydrogen (secondary N) is 16. The van der Waals surface area contributed by atoms with Crippen LogP contribution in [0.5, 0.6) is 0 Å². The molecule has 0 aliphatic carbocycles. The molecule has 0 bridgehead atoms. The molecular weight excluding hydrogens is 1930 g/mol. The van der Waals surface area contributed by atoms with E-state index in [4.69, 9.17) is 156 Å². The number of nitro groups is 2. The zero-order valence-corrected chi connectivity index (χ0v) is 72.7. The zero-order chi connectivity index (χ0) is 95.1. The Hall–Kier alpha value is -15.5. The number of anilines is 9. The SMILES string of the molecule is N#CSc1c(Cl)cccc1Cl.Nc1c(NC(=S)Nc2c(Cl)cccc2Cl)ccc2[nH]c(=O)[nH]c(=O)c12.Nc1c([N+](=O)[O-])ccc2[nH]c(=O)[nH]c(=O)c12.Nc1ccc2[nH]c(=O)[nH]c(=O)c2c1N.Nc1cccc(Cl)c1C(=O)O.O=c1[nH]c(=O)c2c(Cl)c([N+](=O)[O-])ccc2[nH]1.O=c1[nH]c(=O)c2c(Cl)cccc2[nH]1.O=c1[nH]c(=O)c2c(ccc3[nH]c(Nc4c(Cl)cccc4Cl)nc32)[nH]1. The highest BCUT2D eigenvalue weighted by molar-refractivity contribution is 8.04. The Morgan fingerprint density at radius 2 is 0.754 bits per heavy atom. The first-order valence-electron chi connectivity index (χ1n) is 35.3. The summed E-state index contributed by atoms with van der Waals surface area (Å²) in [5.74, 6) is -0.730. The van der Waals surface area contributed by atoms with Crippen molar-refractivity contribution in [3.05, 3.63) is 348 Å². The number of aromatic amines is 13. The standard InChI is InChI=1S/C15H11Cl2N5O2S.C15H9Cl2N5O2.C8H4ClN3O4.C8H5ClN2O2.C8H6N4O4.C8H8N4O2.C7H3Cl2NS.C7H6ClNO2/c16-6-2-1-3-7(17)12(6)21-15(25)20-9-5-4-8-10(11(9)18)13(23)22-14(24)19-8;16-6-2-1-3-7(17)11(6)20-14-18-9-5-4-8-10(12(9)21-14)13(23)22-15(24)19-8;9-6-4(12(15)16)2-1-3-5(6)7(13)11-8(14)10-3;9-4-2-1-3-5-6(4)7(12)11-8(13)10-5;9-6-4(12(15)16)2-1-3-5(6)7(13)11-8(14)10-3;9-3-1-2-4-5(6(3)10)7(13)12-8(14)11-4;8-5-2-1-3-6(9)7(5)11-4-10;8-4-2-1-3-5(9)6(4)7(10)11/h1-5H,18H2,(H2,20,21,25)(H2,19,22,23,24);1-5H,(H2,18,20,21)(H2,19,22,23,24);1-2H,(H2,10,11,13,14);1-3H,(H2,10,11,12,13);1-2H,9H2,(H2,10,11,13,14);1-2H,9-10H2,(H2,11,12,13,14);1-3H;1-3H,9H2,(H,10,11). The van der Waals surface area contributed by atoms with Crippen LogP contribution in [0.2, 0.25) is 45.2 Å². The number of nitriles is 1. The van der Waals surface area contributed by atoms with Crippen molar-refractivity contribution < 1.29 is 19.7 Å². The molecule has 43 nitrogen and oxygen atoms in total. The average Bonchev–Trinajstić information content (AvgIpc) is 1.56. The smallest absolute Gasteiger partial charge is 0.339 e. The number of thioether (sulfide) groups is 1. The van der Waals surface area contributed by atoms with Gasteiger partial charge in [0.1, 0.15) is 27.2 Å². The van der Waals surface area contributed by atoms with Gasteiger partial charge in [-0.2, -0.15) is 5.26 Å². The van der Waals surface area contributed by atoms with Gasteiger partial charge in [0, 0.05) is 17.8 Å². The molecule has 54 heteroatoms. The molecule has 7 heterocycles. The number of rotatable bonds is 8. The molecule has 17 aromatic rings. The van der Waals surface area contributed by atoms with E-state index in [1.807, 2.05) is 15.4 Å². The molecule has 0 unspecified atom stereocenters. The van der Waals surface area contributed by atoms with Crippen LogP contribution in [0.1, 0.15) is 10.4 Å². The van der Waals surface area contributed by atoms with Gasteiger partial charge in [-0.15, -0.1) is 0 Å². The Kier molecular flexibility index (Phi) is 31.4. The Balaban J connectivity index is 0.000000157. The molecule has 0 aliphatic heterocycles. The van der Waals surface area contributed by atoms with Crippen molar-refractivity contribution in [1.82, 2.24) is 69.8 Å². The van der Waals surface area contributed by atoms with Gasteiger partial charge < -0.3 is 84.6 Å². The lowest BCUT2D eigenvalue weighted by Gasteiger charge is -2.15. The number of nitrogen functional groups attached to an aromatic ring is 5. The molecule has 10 aromatic carbocycles. The lowest BCUT2D eigenvalue weighted by Crippen LogP contribution is -2.24.